The average molecular weight is 422 g/mol. The van der Waals surface area contributed by atoms with Crippen molar-refractivity contribution in [2.45, 2.75) is 20.4 Å². The number of nitrogens with zero attached hydrogens (tertiary/aromatic N) is 5. The van der Waals surface area contributed by atoms with Crippen molar-refractivity contribution in [2.75, 3.05) is 5.32 Å². The quantitative estimate of drug-likeness (QED) is 0.452. The van der Waals surface area contributed by atoms with Crippen LogP contribution < -0.4 is 5.32 Å². The number of fused-ring (bicyclic) bond motifs is 1. The van der Waals surface area contributed by atoms with Crippen LogP contribution >= 0.6 is 0 Å². The maximum absolute atomic E-state index is 13.0. The highest BCUT2D eigenvalue weighted by molar-refractivity contribution is 6.07. The van der Waals surface area contributed by atoms with Gasteiger partial charge in [-0.2, -0.15) is 10.2 Å². The summed E-state index contributed by atoms with van der Waals surface area (Å²) in [6.07, 6.45) is 3.24. The van der Waals surface area contributed by atoms with E-state index in [2.05, 4.69) is 32.6 Å². The van der Waals surface area contributed by atoms with Crippen LogP contribution in [-0.4, -0.2) is 30.3 Å². The van der Waals surface area contributed by atoms with Gasteiger partial charge in [-0.1, -0.05) is 60.2 Å². The first-order chi connectivity index (χ1) is 15.6. The normalized spacial score (nSPS) is 11.1. The predicted octanol–water partition coefficient (Wildman–Crippen LogP) is 4.51. The first-order valence-electron chi connectivity index (χ1n) is 10.4. The van der Waals surface area contributed by atoms with Gasteiger partial charge in [0.25, 0.3) is 5.91 Å². The standard InChI is InChI=1S/C25H22N6O/c1-17-8-10-20(11-9-17)22-12-13-26-24-21(15-27-31(22)24)25(32)28-23-14-18(2)30(29-23)16-19-6-4-3-5-7-19/h3-15H,16H2,1-2H3,(H,28,29,32). The summed E-state index contributed by atoms with van der Waals surface area (Å²) in [4.78, 5) is 17.4. The number of aryl methyl sites for hydroxylation is 2. The number of carbonyl (C=O) groups is 1. The third-order valence-corrected chi connectivity index (χ3v) is 5.39. The number of benzene rings is 2. The summed E-state index contributed by atoms with van der Waals surface area (Å²) < 4.78 is 3.56. The molecule has 3 heterocycles. The van der Waals surface area contributed by atoms with E-state index in [0.29, 0.717) is 23.6 Å². The molecule has 5 rings (SSSR count). The van der Waals surface area contributed by atoms with Gasteiger partial charge in [0.05, 0.1) is 18.4 Å². The Balaban J connectivity index is 1.41. The van der Waals surface area contributed by atoms with Crippen LogP contribution in [0.2, 0.25) is 0 Å². The Hall–Kier alpha value is -4.26. The summed E-state index contributed by atoms with van der Waals surface area (Å²) in [5.41, 5.74) is 6.07. The van der Waals surface area contributed by atoms with E-state index >= 15 is 0 Å². The van der Waals surface area contributed by atoms with Crippen LogP contribution in [0.1, 0.15) is 27.2 Å². The number of hydrogen-bond donors (Lipinski definition) is 1. The molecular weight excluding hydrogens is 400 g/mol. The zero-order valence-corrected chi connectivity index (χ0v) is 17.9. The molecule has 1 amide bonds. The molecule has 0 saturated carbocycles. The highest BCUT2D eigenvalue weighted by Gasteiger charge is 2.18. The van der Waals surface area contributed by atoms with Gasteiger partial charge >= 0.3 is 0 Å². The van der Waals surface area contributed by atoms with Crippen LogP contribution in [0.4, 0.5) is 5.82 Å². The number of anilines is 1. The number of rotatable bonds is 5. The molecule has 0 aliphatic carbocycles. The molecule has 2 aromatic carbocycles. The molecule has 0 aliphatic heterocycles. The van der Waals surface area contributed by atoms with Crippen molar-refractivity contribution >= 4 is 17.4 Å². The van der Waals surface area contributed by atoms with Crippen molar-refractivity contribution in [3.63, 3.8) is 0 Å². The van der Waals surface area contributed by atoms with E-state index in [0.717, 1.165) is 22.5 Å². The van der Waals surface area contributed by atoms with E-state index < -0.39 is 0 Å². The predicted molar refractivity (Wildman–Crippen MR) is 124 cm³/mol. The minimum Gasteiger partial charge on any atom is -0.305 e. The van der Waals surface area contributed by atoms with Crippen molar-refractivity contribution < 1.29 is 4.79 Å². The molecule has 0 unspecified atom stereocenters. The number of carbonyl (C=O) groups excluding carboxylic acids is 1. The second-order valence-corrected chi connectivity index (χ2v) is 7.76. The molecule has 5 aromatic rings. The third kappa shape index (κ3) is 3.76. The molecule has 0 fully saturated rings. The molecule has 0 bridgehead atoms. The lowest BCUT2D eigenvalue weighted by molar-refractivity contribution is 0.102. The van der Waals surface area contributed by atoms with Gasteiger partial charge in [0.2, 0.25) is 0 Å². The van der Waals surface area contributed by atoms with Crippen molar-refractivity contribution in [1.29, 1.82) is 0 Å². The van der Waals surface area contributed by atoms with Gasteiger partial charge < -0.3 is 5.32 Å². The number of nitrogens with one attached hydrogen (secondary N) is 1. The van der Waals surface area contributed by atoms with Crippen LogP contribution in [0.25, 0.3) is 16.9 Å². The second-order valence-electron chi connectivity index (χ2n) is 7.76. The smallest absolute Gasteiger partial charge is 0.262 e. The SMILES string of the molecule is Cc1ccc(-c2ccnc3c(C(=O)Nc4cc(C)n(Cc5ccccc5)n4)cnn23)cc1. The van der Waals surface area contributed by atoms with Gasteiger partial charge in [-0.25, -0.2) is 9.50 Å². The molecule has 0 saturated heterocycles. The van der Waals surface area contributed by atoms with E-state index in [1.807, 2.05) is 73.1 Å². The maximum atomic E-state index is 13.0. The van der Waals surface area contributed by atoms with Gasteiger partial charge in [-0.05, 0) is 25.5 Å². The summed E-state index contributed by atoms with van der Waals surface area (Å²) >= 11 is 0. The van der Waals surface area contributed by atoms with Crippen molar-refractivity contribution in [1.82, 2.24) is 24.4 Å². The van der Waals surface area contributed by atoms with Gasteiger partial charge in [-0.3, -0.25) is 9.48 Å². The fraction of sp³-hybridized carbons (Fsp3) is 0.120. The Kier molecular flexibility index (Phi) is 4.99. The van der Waals surface area contributed by atoms with Crippen LogP contribution in [-0.2, 0) is 6.54 Å². The first-order valence-corrected chi connectivity index (χ1v) is 10.4. The van der Waals surface area contributed by atoms with E-state index in [9.17, 15) is 4.79 Å². The Morgan fingerprint density at radius 2 is 1.78 bits per heavy atom. The average Bonchev–Trinajstić information content (AvgIpc) is 3.38. The first kappa shape index (κ1) is 19.7. The molecule has 7 heteroatoms. The Labute approximate surface area is 185 Å². The van der Waals surface area contributed by atoms with Crippen LogP contribution in [0.5, 0.6) is 0 Å². The molecule has 0 aliphatic rings. The highest BCUT2D eigenvalue weighted by Crippen LogP contribution is 2.22. The van der Waals surface area contributed by atoms with E-state index in [1.54, 1.807) is 16.9 Å². The van der Waals surface area contributed by atoms with Crippen LogP contribution in [0.3, 0.4) is 0 Å². The molecular formula is C25H22N6O. The number of aromatic nitrogens is 5. The zero-order valence-electron chi connectivity index (χ0n) is 17.9. The van der Waals surface area contributed by atoms with Crippen LogP contribution in [0, 0.1) is 13.8 Å². The molecule has 0 atom stereocenters. The lowest BCUT2D eigenvalue weighted by atomic mass is 10.1. The van der Waals surface area contributed by atoms with Gasteiger partial charge in [-0.15, -0.1) is 0 Å². The second kappa shape index (κ2) is 8.11. The molecule has 1 N–H and O–H groups in total. The zero-order chi connectivity index (χ0) is 22.1. The highest BCUT2D eigenvalue weighted by atomic mass is 16.1. The van der Waals surface area contributed by atoms with Gasteiger partial charge in [0.15, 0.2) is 11.5 Å². The number of hydrogen-bond acceptors (Lipinski definition) is 4. The van der Waals surface area contributed by atoms with Crippen LogP contribution in [0.15, 0.2) is 79.1 Å². The van der Waals surface area contributed by atoms with E-state index in [1.165, 1.54) is 5.56 Å². The molecule has 7 nitrogen and oxygen atoms in total. The lowest BCUT2D eigenvalue weighted by Crippen LogP contribution is -2.13. The van der Waals surface area contributed by atoms with E-state index in [4.69, 9.17) is 0 Å². The molecule has 0 spiro atoms. The monoisotopic (exact) mass is 422 g/mol. The van der Waals surface area contributed by atoms with Gasteiger partial charge in [0.1, 0.15) is 5.56 Å². The summed E-state index contributed by atoms with van der Waals surface area (Å²) in [6.45, 7) is 4.65. The number of amides is 1. The fourth-order valence-electron chi connectivity index (χ4n) is 3.67. The maximum Gasteiger partial charge on any atom is 0.262 e. The third-order valence-electron chi connectivity index (χ3n) is 5.39. The van der Waals surface area contributed by atoms with E-state index in [-0.39, 0.29) is 5.91 Å². The molecule has 0 radical (unpaired) electrons. The summed E-state index contributed by atoms with van der Waals surface area (Å²) in [7, 11) is 0. The Morgan fingerprint density at radius 1 is 1.00 bits per heavy atom. The molecule has 3 aromatic heterocycles. The summed E-state index contributed by atoms with van der Waals surface area (Å²) in [5, 5.41) is 11.9. The summed E-state index contributed by atoms with van der Waals surface area (Å²) in [5.74, 6) is 0.204. The largest absolute Gasteiger partial charge is 0.305 e. The topological polar surface area (TPSA) is 77.1 Å². The Bertz CT molecular complexity index is 1400. The van der Waals surface area contributed by atoms with Crippen molar-refractivity contribution in [3.05, 3.63) is 102 Å². The van der Waals surface area contributed by atoms with Crippen molar-refractivity contribution in [3.8, 4) is 11.3 Å². The molecule has 32 heavy (non-hydrogen) atoms. The van der Waals surface area contributed by atoms with Crippen molar-refractivity contribution in [2.24, 2.45) is 0 Å². The molecule has 158 valence electrons. The van der Waals surface area contributed by atoms with Gasteiger partial charge in [0, 0.05) is 23.5 Å². The summed E-state index contributed by atoms with van der Waals surface area (Å²) in [6, 6.07) is 22.0. The minimum absolute atomic E-state index is 0.294. The minimum atomic E-state index is -0.294. The fourth-order valence-corrected chi connectivity index (χ4v) is 3.67. The Morgan fingerprint density at radius 3 is 2.56 bits per heavy atom. The lowest BCUT2D eigenvalue weighted by Gasteiger charge is -2.06.